The summed E-state index contributed by atoms with van der Waals surface area (Å²) in [6, 6.07) is 2.01. The zero-order valence-corrected chi connectivity index (χ0v) is 14.0. The molecule has 3 aromatic heterocycles. The number of nitrogens with one attached hydrogen (secondary N) is 1. The monoisotopic (exact) mass is 333 g/mol. The topological polar surface area (TPSA) is 83.9 Å². The summed E-state index contributed by atoms with van der Waals surface area (Å²) in [6.45, 7) is 3.25. The molecule has 8 heteroatoms. The lowest BCUT2D eigenvalue weighted by molar-refractivity contribution is 0.184. The van der Waals surface area contributed by atoms with Crippen molar-refractivity contribution in [2.45, 2.75) is 25.3 Å². The Kier molecular flexibility index (Phi) is 3.05. The third-order valence-corrected chi connectivity index (χ3v) is 6.25. The fourth-order valence-electron chi connectivity index (χ4n) is 3.46. The predicted octanol–water partition coefficient (Wildman–Crippen LogP) is 1.68. The second-order valence-electron chi connectivity index (χ2n) is 6.51. The number of hydrogen-bond acceptors (Lipinski definition) is 4. The number of nitrogens with zero attached hydrogens (tertiary/aromatic N) is 4. The Bertz CT molecular complexity index is 980. The molecule has 0 atom stereocenters. The van der Waals surface area contributed by atoms with Crippen molar-refractivity contribution in [3.8, 4) is 0 Å². The van der Waals surface area contributed by atoms with Crippen molar-refractivity contribution in [2.75, 3.05) is 19.3 Å². The Balaban J connectivity index is 1.79. The van der Waals surface area contributed by atoms with Gasteiger partial charge in [-0.2, -0.15) is 0 Å². The van der Waals surface area contributed by atoms with Crippen molar-refractivity contribution in [3.05, 3.63) is 24.8 Å². The van der Waals surface area contributed by atoms with E-state index in [1.165, 1.54) is 6.26 Å². The number of aromatic amines is 1. The van der Waals surface area contributed by atoms with Gasteiger partial charge in [0.15, 0.2) is 0 Å². The van der Waals surface area contributed by atoms with Gasteiger partial charge >= 0.3 is 0 Å². The van der Waals surface area contributed by atoms with Gasteiger partial charge in [-0.25, -0.2) is 22.7 Å². The molecule has 1 fully saturated rings. The molecular formula is C15H19N5O2S. The highest BCUT2D eigenvalue weighted by Crippen LogP contribution is 2.35. The highest BCUT2D eigenvalue weighted by atomic mass is 32.2. The van der Waals surface area contributed by atoms with Crippen LogP contribution in [0.15, 0.2) is 24.8 Å². The Morgan fingerprint density at radius 3 is 2.70 bits per heavy atom. The zero-order chi connectivity index (χ0) is 16.2. The van der Waals surface area contributed by atoms with E-state index in [2.05, 4.69) is 26.4 Å². The number of imidazole rings is 1. The van der Waals surface area contributed by atoms with Crippen LogP contribution < -0.4 is 0 Å². The molecule has 1 saturated heterocycles. The highest BCUT2D eigenvalue weighted by Gasteiger charge is 2.35. The van der Waals surface area contributed by atoms with E-state index in [0.717, 1.165) is 34.9 Å². The van der Waals surface area contributed by atoms with E-state index in [9.17, 15) is 8.42 Å². The summed E-state index contributed by atoms with van der Waals surface area (Å²) in [6.07, 6.45) is 8.31. The quantitative estimate of drug-likeness (QED) is 0.773. The van der Waals surface area contributed by atoms with Gasteiger partial charge in [0.1, 0.15) is 11.2 Å². The van der Waals surface area contributed by atoms with Gasteiger partial charge in [0.2, 0.25) is 10.0 Å². The molecule has 4 heterocycles. The second-order valence-corrected chi connectivity index (χ2v) is 8.49. The van der Waals surface area contributed by atoms with Crippen LogP contribution in [0.5, 0.6) is 0 Å². The number of sulfonamides is 1. The average Bonchev–Trinajstić information content (AvgIpc) is 3.12. The predicted molar refractivity (Wildman–Crippen MR) is 88.7 cm³/mol. The number of pyridine rings is 1. The molecule has 0 spiro atoms. The van der Waals surface area contributed by atoms with Crippen LogP contribution in [-0.4, -0.2) is 51.6 Å². The van der Waals surface area contributed by atoms with Crippen molar-refractivity contribution in [2.24, 2.45) is 0 Å². The summed E-state index contributed by atoms with van der Waals surface area (Å²) in [5, 5.41) is 1.05. The summed E-state index contributed by atoms with van der Waals surface area (Å²) in [7, 11) is -3.12. The smallest absolute Gasteiger partial charge is 0.211 e. The molecule has 0 aliphatic carbocycles. The van der Waals surface area contributed by atoms with Gasteiger partial charge in [0.25, 0.3) is 0 Å². The summed E-state index contributed by atoms with van der Waals surface area (Å²) >= 11 is 0. The lowest BCUT2D eigenvalue weighted by atomic mass is 9.90. The van der Waals surface area contributed by atoms with Crippen LogP contribution in [0, 0.1) is 0 Å². The van der Waals surface area contributed by atoms with Crippen molar-refractivity contribution in [1.82, 2.24) is 23.8 Å². The third-order valence-electron chi connectivity index (χ3n) is 4.94. The van der Waals surface area contributed by atoms with Crippen LogP contribution in [-0.2, 0) is 15.6 Å². The van der Waals surface area contributed by atoms with E-state index in [-0.39, 0.29) is 5.54 Å². The van der Waals surface area contributed by atoms with E-state index in [0.29, 0.717) is 13.1 Å². The number of piperidine rings is 1. The standard InChI is InChI=1S/C15H19N5O2S/c1-15(4-7-19(8-5-15)23(2,21)22)20-10-18-12-9-17-14-11(13(12)20)3-6-16-14/h3,6,9-10H,4-5,7-8H2,1-2H3,(H,16,17). The maximum Gasteiger partial charge on any atom is 0.211 e. The van der Waals surface area contributed by atoms with E-state index >= 15 is 0 Å². The van der Waals surface area contributed by atoms with Crippen molar-refractivity contribution in [1.29, 1.82) is 0 Å². The van der Waals surface area contributed by atoms with Gasteiger partial charge in [-0.15, -0.1) is 0 Å². The van der Waals surface area contributed by atoms with E-state index in [1.807, 2.05) is 18.6 Å². The van der Waals surface area contributed by atoms with Crippen LogP contribution in [0.3, 0.4) is 0 Å². The number of H-pyrrole nitrogens is 1. The molecule has 3 aromatic rings. The van der Waals surface area contributed by atoms with Crippen LogP contribution in [0.25, 0.3) is 22.1 Å². The Labute approximate surface area is 134 Å². The van der Waals surface area contributed by atoms with E-state index in [4.69, 9.17) is 0 Å². The Morgan fingerprint density at radius 2 is 2.00 bits per heavy atom. The largest absolute Gasteiger partial charge is 0.346 e. The highest BCUT2D eigenvalue weighted by molar-refractivity contribution is 7.88. The Morgan fingerprint density at radius 1 is 1.26 bits per heavy atom. The molecular weight excluding hydrogens is 314 g/mol. The van der Waals surface area contributed by atoms with E-state index < -0.39 is 10.0 Å². The van der Waals surface area contributed by atoms with Gasteiger partial charge in [0.05, 0.1) is 24.3 Å². The Hall–Kier alpha value is -1.93. The maximum absolute atomic E-state index is 11.7. The molecule has 4 rings (SSSR count). The molecule has 0 bridgehead atoms. The molecule has 0 unspecified atom stereocenters. The first-order valence-corrected chi connectivity index (χ1v) is 9.48. The van der Waals surface area contributed by atoms with Crippen LogP contribution in [0.4, 0.5) is 0 Å². The fourth-order valence-corrected chi connectivity index (χ4v) is 4.30. The molecule has 1 aliphatic rings. The SMILES string of the molecule is CC1(n2cnc3cnc4[nH]ccc4c32)CCN(S(C)(=O)=O)CC1. The number of aromatic nitrogens is 4. The first-order chi connectivity index (χ1) is 10.9. The summed E-state index contributed by atoms with van der Waals surface area (Å²) in [5.74, 6) is 0. The van der Waals surface area contributed by atoms with Crippen molar-refractivity contribution < 1.29 is 8.42 Å². The first-order valence-electron chi connectivity index (χ1n) is 7.63. The van der Waals surface area contributed by atoms with Crippen molar-refractivity contribution in [3.63, 3.8) is 0 Å². The molecule has 23 heavy (non-hydrogen) atoms. The van der Waals surface area contributed by atoms with Gasteiger partial charge in [0, 0.05) is 30.2 Å². The van der Waals surface area contributed by atoms with Crippen molar-refractivity contribution >= 4 is 32.1 Å². The average molecular weight is 333 g/mol. The molecule has 1 aliphatic heterocycles. The minimum atomic E-state index is -3.12. The second kappa shape index (κ2) is 4.78. The number of fused-ring (bicyclic) bond motifs is 3. The van der Waals surface area contributed by atoms with Crippen LogP contribution in [0.2, 0.25) is 0 Å². The van der Waals surface area contributed by atoms with Crippen LogP contribution >= 0.6 is 0 Å². The minimum absolute atomic E-state index is 0.151. The third kappa shape index (κ3) is 2.24. The molecule has 0 saturated carbocycles. The van der Waals surface area contributed by atoms with Gasteiger partial charge in [-0.1, -0.05) is 0 Å². The molecule has 7 nitrogen and oxygen atoms in total. The molecule has 0 radical (unpaired) electrons. The van der Waals surface area contributed by atoms with Gasteiger partial charge < -0.3 is 9.55 Å². The maximum atomic E-state index is 11.7. The number of hydrogen-bond donors (Lipinski definition) is 1. The first kappa shape index (κ1) is 14.6. The molecule has 1 N–H and O–H groups in total. The lowest BCUT2D eigenvalue weighted by Gasteiger charge is -2.39. The minimum Gasteiger partial charge on any atom is -0.346 e. The lowest BCUT2D eigenvalue weighted by Crippen LogP contribution is -2.46. The molecule has 122 valence electrons. The molecule has 0 amide bonds. The summed E-state index contributed by atoms with van der Waals surface area (Å²) < 4.78 is 27.2. The normalized spacial score (nSPS) is 19.6. The summed E-state index contributed by atoms with van der Waals surface area (Å²) in [4.78, 5) is 12.0. The van der Waals surface area contributed by atoms with Gasteiger partial charge in [-0.3, -0.25) is 0 Å². The van der Waals surface area contributed by atoms with Gasteiger partial charge in [-0.05, 0) is 25.8 Å². The zero-order valence-electron chi connectivity index (χ0n) is 13.2. The summed E-state index contributed by atoms with van der Waals surface area (Å²) in [5.41, 5.74) is 2.62. The molecule has 0 aromatic carbocycles. The van der Waals surface area contributed by atoms with E-state index in [1.54, 1.807) is 10.5 Å². The fraction of sp³-hybridized carbons (Fsp3) is 0.467. The van der Waals surface area contributed by atoms with Crippen LogP contribution in [0.1, 0.15) is 19.8 Å². The number of rotatable bonds is 2.